The SMILES string of the molecule is CC(c1ccco1)N(Cc1ccccc1C(=O)O)C1CC1. The van der Waals surface area contributed by atoms with Crippen molar-refractivity contribution in [2.45, 2.75) is 38.4 Å². The van der Waals surface area contributed by atoms with Gasteiger partial charge in [0.15, 0.2) is 0 Å². The summed E-state index contributed by atoms with van der Waals surface area (Å²) in [6.07, 6.45) is 4.02. The van der Waals surface area contributed by atoms with Crippen LogP contribution < -0.4 is 0 Å². The Morgan fingerprint density at radius 3 is 2.71 bits per heavy atom. The number of carboxylic acids is 1. The standard InChI is InChI=1S/C17H19NO3/c1-12(16-7-4-10-21-16)18(14-8-9-14)11-13-5-2-3-6-15(13)17(19)20/h2-7,10,12,14H,8-9,11H2,1H3,(H,19,20). The van der Waals surface area contributed by atoms with Gasteiger partial charge in [0, 0.05) is 12.6 Å². The first-order chi connectivity index (χ1) is 10.2. The van der Waals surface area contributed by atoms with Crippen molar-refractivity contribution in [1.29, 1.82) is 0 Å². The summed E-state index contributed by atoms with van der Waals surface area (Å²) in [5.74, 6) is 0.0571. The second-order valence-electron chi connectivity index (χ2n) is 5.56. The smallest absolute Gasteiger partial charge is 0.336 e. The molecule has 1 saturated carbocycles. The molecular weight excluding hydrogens is 266 g/mol. The van der Waals surface area contributed by atoms with Gasteiger partial charge in [0.25, 0.3) is 0 Å². The lowest BCUT2D eigenvalue weighted by Crippen LogP contribution is -2.29. The molecule has 1 aliphatic rings. The zero-order chi connectivity index (χ0) is 14.8. The highest BCUT2D eigenvalue weighted by molar-refractivity contribution is 5.89. The first-order valence-electron chi connectivity index (χ1n) is 7.27. The topological polar surface area (TPSA) is 53.7 Å². The Morgan fingerprint density at radius 1 is 1.33 bits per heavy atom. The van der Waals surface area contributed by atoms with Gasteiger partial charge in [-0.1, -0.05) is 18.2 Å². The lowest BCUT2D eigenvalue weighted by molar-refractivity contribution is 0.0693. The molecular formula is C17H19NO3. The van der Waals surface area contributed by atoms with Crippen molar-refractivity contribution in [3.05, 3.63) is 59.5 Å². The van der Waals surface area contributed by atoms with Crippen molar-refractivity contribution >= 4 is 5.97 Å². The molecule has 2 aromatic rings. The molecule has 1 unspecified atom stereocenters. The van der Waals surface area contributed by atoms with Gasteiger partial charge in [-0.2, -0.15) is 0 Å². The first kappa shape index (κ1) is 13.9. The van der Waals surface area contributed by atoms with Gasteiger partial charge in [-0.15, -0.1) is 0 Å². The van der Waals surface area contributed by atoms with Crippen molar-refractivity contribution in [1.82, 2.24) is 4.90 Å². The summed E-state index contributed by atoms with van der Waals surface area (Å²) < 4.78 is 5.51. The summed E-state index contributed by atoms with van der Waals surface area (Å²) >= 11 is 0. The summed E-state index contributed by atoms with van der Waals surface area (Å²) in [7, 11) is 0. The van der Waals surface area contributed by atoms with E-state index in [9.17, 15) is 9.90 Å². The summed E-state index contributed by atoms with van der Waals surface area (Å²) in [4.78, 5) is 13.7. The van der Waals surface area contributed by atoms with Gasteiger partial charge in [0.2, 0.25) is 0 Å². The maximum Gasteiger partial charge on any atom is 0.336 e. The number of carboxylic acid groups (broad SMARTS) is 1. The third-order valence-corrected chi connectivity index (χ3v) is 4.07. The van der Waals surface area contributed by atoms with E-state index in [-0.39, 0.29) is 6.04 Å². The van der Waals surface area contributed by atoms with Crippen LogP contribution in [0.25, 0.3) is 0 Å². The van der Waals surface area contributed by atoms with E-state index in [1.54, 1.807) is 18.4 Å². The number of hydrogen-bond acceptors (Lipinski definition) is 3. The molecule has 21 heavy (non-hydrogen) atoms. The molecule has 1 aliphatic carbocycles. The molecule has 0 aliphatic heterocycles. The van der Waals surface area contributed by atoms with Crippen LogP contribution in [0.3, 0.4) is 0 Å². The monoisotopic (exact) mass is 285 g/mol. The molecule has 4 nitrogen and oxygen atoms in total. The molecule has 3 rings (SSSR count). The molecule has 0 bridgehead atoms. The second-order valence-corrected chi connectivity index (χ2v) is 5.56. The summed E-state index contributed by atoms with van der Waals surface area (Å²) in [5, 5.41) is 9.32. The summed E-state index contributed by atoms with van der Waals surface area (Å²) in [6.45, 7) is 2.75. The molecule has 1 fully saturated rings. The predicted octanol–water partition coefficient (Wildman–Crippen LogP) is 3.70. The van der Waals surface area contributed by atoms with Crippen molar-refractivity contribution in [2.24, 2.45) is 0 Å². The zero-order valence-corrected chi connectivity index (χ0v) is 12.0. The van der Waals surface area contributed by atoms with Gasteiger partial charge in [0.05, 0.1) is 17.9 Å². The Kier molecular flexibility index (Phi) is 3.80. The van der Waals surface area contributed by atoms with E-state index in [0.29, 0.717) is 18.2 Å². The second kappa shape index (κ2) is 5.74. The van der Waals surface area contributed by atoms with Gasteiger partial charge in [0.1, 0.15) is 5.76 Å². The minimum absolute atomic E-state index is 0.148. The summed E-state index contributed by atoms with van der Waals surface area (Å²) in [5.41, 5.74) is 1.24. The molecule has 1 aromatic heterocycles. The van der Waals surface area contributed by atoms with Gasteiger partial charge >= 0.3 is 5.97 Å². The maximum absolute atomic E-state index is 11.4. The Morgan fingerprint density at radius 2 is 2.10 bits per heavy atom. The normalized spacial score (nSPS) is 16.1. The van der Waals surface area contributed by atoms with Crippen molar-refractivity contribution in [3.63, 3.8) is 0 Å². The number of nitrogens with zero attached hydrogens (tertiary/aromatic N) is 1. The maximum atomic E-state index is 11.4. The summed E-state index contributed by atoms with van der Waals surface area (Å²) in [6, 6.07) is 11.8. The number of benzene rings is 1. The third-order valence-electron chi connectivity index (χ3n) is 4.07. The number of aromatic carboxylic acids is 1. The van der Waals surface area contributed by atoms with Gasteiger partial charge in [-0.05, 0) is 43.5 Å². The van der Waals surface area contributed by atoms with Crippen LogP contribution in [0.5, 0.6) is 0 Å². The Balaban J connectivity index is 1.85. The van der Waals surface area contributed by atoms with Gasteiger partial charge in [-0.25, -0.2) is 4.79 Å². The number of hydrogen-bond donors (Lipinski definition) is 1. The lowest BCUT2D eigenvalue weighted by Gasteiger charge is -2.28. The fourth-order valence-corrected chi connectivity index (χ4v) is 2.74. The number of furan rings is 1. The van der Waals surface area contributed by atoms with Crippen LogP contribution in [0.4, 0.5) is 0 Å². The van der Waals surface area contributed by atoms with E-state index in [1.165, 1.54) is 12.8 Å². The fourth-order valence-electron chi connectivity index (χ4n) is 2.74. The highest BCUT2D eigenvalue weighted by Gasteiger charge is 2.34. The lowest BCUT2D eigenvalue weighted by atomic mass is 10.1. The Hall–Kier alpha value is -2.07. The quantitative estimate of drug-likeness (QED) is 0.879. The molecule has 4 heteroatoms. The molecule has 1 heterocycles. The minimum atomic E-state index is -0.869. The average molecular weight is 285 g/mol. The first-order valence-corrected chi connectivity index (χ1v) is 7.27. The van der Waals surface area contributed by atoms with Gasteiger partial charge in [-0.3, -0.25) is 4.90 Å². The Bertz CT molecular complexity index is 617. The van der Waals surface area contributed by atoms with Crippen LogP contribution in [0.1, 0.15) is 47.5 Å². The van der Waals surface area contributed by atoms with Crippen molar-refractivity contribution in [3.8, 4) is 0 Å². The Labute approximate surface area is 124 Å². The van der Waals surface area contributed by atoms with Crippen molar-refractivity contribution < 1.29 is 14.3 Å². The van der Waals surface area contributed by atoms with Crippen LogP contribution in [-0.2, 0) is 6.54 Å². The van der Waals surface area contributed by atoms with Crippen LogP contribution >= 0.6 is 0 Å². The average Bonchev–Trinajstić information content (AvgIpc) is 3.17. The molecule has 1 aromatic carbocycles. The molecule has 0 radical (unpaired) electrons. The minimum Gasteiger partial charge on any atom is -0.478 e. The highest BCUT2D eigenvalue weighted by atomic mass is 16.4. The molecule has 0 spiro atoms. The molecule has 110 valence electrons. The number of carbonyl (C=O) groups is 1. The number of rotatable bonds is 6. The van der Waals surface area contributed by atoms with E-state index >= 15 is 0 Å². The highest BCUT2D eigenvalue weighted by Crippen LogP contribution is 2.36. The molecule has 0 saturated heterocycles. The van der Waals surface area contributed by atoms with Crippen molar-refractivity contribution in [2.75, 3.05) is 0 Å². The van der Waals surface area contributed by atoms with Crippen LogP contribution in [0.15, 0.2) is 47.1 Å². The molecule has 1 atom stereocenters. The third kappa shape index (κ3) is 3.00. The fraction of sp³-hybridized carbons (Fsp3) is 0.353. The van der Waals surface area contributed by atoms with Crippen LogP contribution in [0.2, 0.25) is 0 Å². The zero-order valence-electron chi connectivity index (χ0n) is 12.0. The van der Waals surface area contributed by atoms with E-state index < -0.39 is 5.97 Å². The van der Waals surface area contributed by atoms with Gasteiger partial charge < -0.3 is 9.52 Å². The molecule has 1 N–H and O–H groups in total. The van der Waals surface area contributed by atoms with E-state index in [0.717, 1.165) is 11.3 Å². The van der Waals surface area contributed by atoms with E-state index in [4.69, 9.17) is 4.42 Å². The van der Waals surface area contributed by atoms with E-state index in [2.05, 4.69) is 11.8 Å². The van der Waals surface area contributed by atoms with Crippen LogP contribution in [0, 0.1) is 0 Å². The van der Waals surface area contributed by atoms with E-state index in [1.807, 2.05) is 24.3 Å². The largest absolute Gasteiger partial charge is 0.478 e. The molecule has 0 amide bonds. The van der Waals surface area contributed by atoms with Crippen LogP contribution in [-0.4, -0.2) is 22.0 Å². The predicted molar refractivity (Wildman–Crippen MR) is 79.1 cm³/mol.